The molecule has 1 rings (SSSR count). The molecule has 50 valence electrons. The van der Waals surface area contributed by atoms with Crippen LogP contribution in [0.1, 0.15) is 13.3 Å². The maximum absolute atomic E-state index is 5.34. The molecular weight excluding hydrogens is 179 g/mol. The van der Waals surface area contributed by atoms with Crippen LogP contribution in [0.5, 0.6) is 5.75 Å². The summed E-state index contributed by atoms with van der Waals surface area (Å²) in [6.45, 7) is 2.97. The van der Waals surface area contributed by atoms with Crippen LogP contribution in [-0.4, -0.2) is 21.1 Å². The first-order valence-corrected chi connectivity index (χ1v) is 5.06. The van der Waals surface area contributed by atoms with E-state index in [1.165, 1.54) is 0 Å². The fourth-order valence-corrected chi connectivity index (χ4v) is 1.75. The van der Waals surface area contributed by atoms with Crippen LogP contribution in [-0.2, 0) is 0 Å². The second-order valence-corrected chi connectivity index (χ2v) is 3.44. The summed E-state index contributed by atoms with van der Waals surface area (Å²) in [6, 6.07) is 2.05. The normalized spacial score (nSPS) is 9.44. The van der Waals surface area contributed by atoms with E-state index in [9.17, 15) is 0 Å². The first-order valence-electron chi connectivity index (χ1n) is 3.08. The molecule has 1 aromatic rings. The van der Waals surface area contributed by atoms with Crippen molar-refractivity contribution in [3.05, 3.63) is 15.9 Å². The molecule has 0 saturated heterocycles. The van der Waals surface area contributed by atoms with Gasteiger partial charge in [0.05, 0.1) is 0 Å². The Morgan fingerprint density at radius 3 is 3.11 bits per heavy atom. The monoisotopic (exact) mass is 190 g/mol. The van der Waals surface area contributed by atoms with Crippen LogP contribution in [0.4, 0.5) is 0 Å². The van der Waals surface area contributed by atoms with Crippen molar-refractivity contribution in [2.45, 2.75) is 13.3 Å². The molecule has 0 aromatic carbocycles. The summed E-state index contributed by atoms with van der Waals surface area (Å²) >= 11 is 0.572. The van der Waals surface area contributed by atoms with Crippen molar-refractivity contribution in [3.8, 4) is 5.75 Å². The number of hydrogen-bond donors (Lipinski definition) is 0. The van der Waals surface area contributed by atoms with E-state index in [1.54, 1.807) is 0 Å². The molecule has 0 fully saturated rings. The average Bonchev–Trinajstić information content (AvgIpc) is 2.34. The van der Waals surface area contributed by atoms with Gasteiger partial charge in [-0.15, -0.1) is 0 Å². The van der Waals surface area contributed by atoms with E-state index in [1.807, 2.05) is 0 Å². The second kappa shape index (κ2) is 3.76. The van der Waals surface area contributed by atoms with Gasteiger partial charge in [0.25, 0.3) is 0 Å². The fourth-order valence-electron chi connectivity index (χ4n) is 0.554. The van der Waals surface area contributed by atoms with E-state index >= 15 is 0 Å². The summed E-state index contributed by atoms with van der Waals surface area (Å²) in [5, 5.41) is 0. The molecule has 0 bridgehead atoms. The third-order valence-electron chi connectivity index (χ3n) is 0.968. The summed E-state index contributed by atoms with van der Waals surface area (Å²) in [4.78, 5) is 4.32. The molecule has 1 nitrogen and oxygen atoms in total. The molecule has 1 aromatic heterocycles. The fraction of sp³-hybridized carbons (Fsp3) is 0.429. The molecule has 0 aliphatic rings. The summed E-state index contributed by atoms with van der Waals surface area (Å²) in [5.74, 6) is 1.07. The van der Waals surface area contributed by atoms with Gasteiger partial charge in [-0.2, -0.15) is 0 Å². The van der Waals surface area contributed by atoms with E-state index in [-0.39, 0.29) is 0 Å². The van der Waals surface area contributed by atoms with E-state index in [0.717, 1.165) is 18.8 Å². The van der Waals surface area contributed by atoms with Gasteiger partial charge in [0.15, 0.2) is 0 Å². The van der Waals surface area contributed by atoms with Crippen LogP contribution in [0.25, 0.3) is 0 Å². The van der Waals surface area contributed by atoms with Crippen molar-refractivity contribution >= 4 is 14.5 Å². The molecule has 9 heavy (non-hydrogen) atoms. The molecule has 0 aliphatic heterocycles. The Kier molecular flexibility index (Phi) is 2.88. The van der Waals surface area contributed by atoms with Crippen molar-refractivity contribution in [2.24, 2.45) is 0 Å². The Bertz CT molecular complexity index is 146. The predicted octanol–water partition coefficient (Wildman–Crippen LogP) is 1.53. The summed E-state index contributed by atoms with van der Waals surface area (Å²) < 4.78 is 5.34. The van der Waals surface area contributed by atoms with E-state index in [4.69, 9.17) is 4.74 Å². The molecule has 0 atom stereocenters. The van der Waals surface area contributed by atoms with Crippen LogP contribution in [0.15, 0.2) is 15.9 Å². The van der Waals surface area contributed by atoms with Gasteiger partial charge in [-0.05, 0) is 0 Å². The first-order chi connectivity index (χ1) is 4.43. The van der Waals surface area contributed by atoms with E-state index in [0.29, 0.717) is 14.5 Å². The van der Waals surface area contributed by atoms with Crippen molar-refractivity contribution in [3.63, 3.8) is 0 Å². The summed E-state index contributed by atoms with van der Waals surface area (Å²) in [6.07, 6.45) is 1.10. The first kappa shape index (κ1) is 6.91. The van der Waals surface area contributed by atoms with Crippen LogP contribution < -0.4 is 4.74 Å². The van der Waals surface area contributed by atoms with Crippen LogP contribution >= 0.6 is 0 Å². The topological polar surface area (TPSA) is 9.23 Å². The quantitative estimate of drug-likeness (QED) is 0.655. The van der Waals surface area contributed by atoms with Gasteiger partial charge < -0.3 is 0 Å². The Hall–Kier alpha value is -0.201. The van der Waals surface area contributed by atoms with Crippen LogP contribution in [0.3, 0.4) is 0 Å². The van der Waals surface area contributed by atoms with E-state index in [2.05, 4.69) is 22.9 Å². The summed E-state index contributed by atoms with van der Waals surface area (Å²) in [5.41, 5.74) is 0. The molecule has 2 heteroatoms. The third kappa shape index (κ3) is 2.25. The number of rotatable bonds is 3. The summed E-state index contributed by atoms with van der Waals surface area (Å²) in [7, 11) is 0. The molecule has 1 heterocycles. The third-order valence-corrected chi connectivity index (χ3v) is 2.36. The van der Waals surface area contributed by atoms with Gasteiger partial charge in [-0.3, -0.25) is 0 Å². The molecule has 0 spiro atoms. The van der Waals surface area contributed by atoms with Crippen LogP contribution in [0, 0.1) is 0 Å². The van der Waals surface area contributed by atoms with Crippen molar-refractivity contribution in [1.82, 2.24) is 0 Å². The van der Waals surface area contributed by atoms with Gasteiger partial charge in [0.2, 0.25) is 0 Å². The zero-order valence-corrected chi connectivity index (χ0v) is 7.18. The van der Waals surface area contributed by atoms with Crippen LogP contribution in [0.2, 0.25) is 0 Å². The van der Waals surface area contributed by atoms with Gasteiger partial charge in [0, 0.05) is 0 Å². The molecular formula is C7H10OSe. The zero-order valence-electron chi connectivity index (χ0n) is 5.46. The molecule has 0 saturated carbocycles. The van der Waals surface area contributed by atoms with Crippen molar-refractivity contribution < 1.29 is 4.74 Å². The molecule has 0 amide bonds. The van der Waals surface area contributed by atoms with Crippen molar-refractivity contribution in [1.29, 1.82) is 0 Å². The predicted molar refractivity (Wildman–Crippen MR) is 39.2 cm³/mol. The Balaban J connectivity index is 2.30. The van der Waals surface area contributed by atoms with Gasteiger partial charge >= 0.3 is 60.9 Å². The number of ether oxygens (including phenoxy) is 1. The van der Waals surface area contributed by atoms with Gasteiger partial charge in [-0.1, -0.05) is 0 Å². The van der Waals surface area contributed by atoms with Crippen molar-refractivity contribution in [2.75, 3.05) is 6.61 Å². The Morgan fingerprint density at radius 1 is 1.67 bits per heavy atom. The minimum absolute atomic E-state index is 0.572. The number of hydrogen-bond acceptors (Lipinski definition) is 1. The standard InChI is InChI=1S/C7H10OSe/c1-2-4-8-7-3-5-9-6-7/h3,5-6H,2,4H2,1H3. The van der Waals surface area contributed by atoms with Gasteiger partial charge in [-0.25, -0.2) is 0 Å². The van der Waals surface area contributed by atoms with Gasteiger partial charge in [0.1, 0.15) is 0 Å². The molecule has 0 radical (unpaired) electrons. The Morgan fingerprint density at radius 2 is 2.56 bits per heavy atom. The zero-order chi connectivity index (χ0) is 6.53. The minimum atomic E-state index is 0.572. The average molecular weight is 189 g/mol. The SMILES string of the molecule is CCCOc1cc[se]c1. The maximum atomic E-state index is 5.34. The molecule has 0 N–H and O–H groups in total. The Labute approximate surface area is 61.4 Å². The van der Waals surface area contributed by atoms with E-state index < -0.39 is 0 Å². The second-order valence-electron chi connectivity index (χ2n) is 1.81. The molecule has 0 unspecified atom stereocenters. The molecule has 0 aliphatic carbocycles.